The van der Waals surface area contributed by atoms with Crippen molar-refractivity contribution in [1.82, 2.24) is 5.32 Å². The molecule has 0 aromatic carbocycles. The van der Waals surface area contributed by atoms with Crippen molar-refractivity contribution in [3.8, 4) is 0 Å². The van der Waals surface area contributed by atoms with Crippen molar-refractivity contribution in [2.24, 2.45) is 11.3 Å². The quantitative estimate of drug-likeness (QED) is 0.548. The average Bonchev–Trinajstić information content (AvgIpc) is 1.85. The molecule has 12 heavy (non-hydrogen) atoms. The summed E-state index contributed by atoms with van der Waals surface area (Å²) in [7, 11) is 0. The molecule has 1 amide bonds. The van der Waals surface area contributed by atoms with E-state index >= 15 is 0 Å². The minimum atomic E-state index is -1.07. The van der Waals surface area contributed by atoms with E-state index in [0.29, 0.717) is 0 Å². The number of nitrogens with two attached hydrogens (primary N) is 1. The van der Waals surface area contributed by atoms with Crippen LogP contribution >= 0.6 is 0 Å². The monoisotopic (exact) mass is 176 g/mol. The van der Waals surface area contributed by atoms with Gasteiger partial charge in [0.2, 0.25) is 0 Å². The number of rotatable bonds is 3. The van der Waals surface area contributed by atoms with E-state index < -0.39 is 6.09 Å². The molecule has 0 heterocycles. The summed E-state index contributed by atoms with van der Waals surface area (Å²) in [6.07, 6.45) is -1.38. The van der Waals surface area contributed by atoms with Gasteiger partial charge in [0.25, 0.3) is 0 Å². The molecule has 0 spiro atoms. The lowest BCUT2D eigenvalue weighted by Crippen LogP contribution is -2.42. The summed E-state index contributed by atoms with van der Waals surface area (Å²) in [5, 5.41) is 10.5. The first-order valence-corrected chi connectivity index (χ1v) is 3.70. The highest BCUT2D eigenvalue weighted by atomic mass is 16.6. The van der Waals surface area contributed by atoms with Gasteiger partial charge in [-0.05, 0) is 5.41 Å². The first-order chi connectivity index (χ1) is 5.38. The van der Waals surface area contributed by atoms with Crippen LogP contribution in [0.25, 0.3) is 0 Å². The molecule has 0 aromatic rings. The van der Waals surface area contributed by atoms with Crippen molar-refractivity contribution in [1.29, 1.82) is 0 Å². The first kappa shape index (κ1) is 11.2. The zero-order chi connectivity index (χ0) is 9.78. The Bertz CT molecular complexity index is 153. The van der Waals surface area contributed by atoms with Crippen molar-refractivity contribution in [2.45, 2.75) is 26.9 Å². The lowest BCUT2D eigenvalue weighted by molar-refractivity contribution is -0.0171. The topological polar surface area (TPSA) is 84.6 Å². The van der Waals surface area contributed by atoms with Gasteiger partial charge in [-0.25, -0.2) is 10.7 Å². The van der Waals surface area contributed by atoms with Gasteiger partial charge in [-0.15, -0.1) is 0 Å². The molecule has 1 atom stereocenters. The van der Waals surface area contributed by atoms with E-state index in [1.807, 2.05) is 20.8 Å². The van der Waals surface area contributed by atoms with Crippen molar-refractivity contribution in [3.63, 3.8) is 0 Å². The molecule has 0 aliphatic heterocycles. The van der Waals surface area contributed by atoms with E-state index in [1.165, 1.54) is 0 Å². The lowest BCUT2D eigenvalue weighted by atomic mass is 9.89. The molecule has 0 saturated heterocycles. The van der Waals surface area contributed by atoms with E-state index in [-0.39, 0.29) is 18.1 Å². The highest BCUT2D eigenvalue weighted by molar-refractivity contribution is 5.64. The Kier molecular flexibility index (Phi) is 3.99. The molecular weight excluding hydrogens is 160 g/mol. The van der Waals surface area contributed by atoms with Crippen molar-refractivity contribution in [2.75, 3.05) is 6.54 Å². The highest BCUT2D eigenvalue weighted by Gasteiger charge is 2.25. The maximum atomic E-state index is 10.1. The van der Waals surface area contributed by atoms with Gasteiger partial charge < -0.3 is 10.4 Å². The van der Waals surface area contributed by atoms with Crippen LogP contribution in [0, 0.1) is 5.41 Å². The van der Waals surface area contributed by atoms with Crippen LogP contribution < -0.4 is 11.2 Å². The molecule has 72 valence electrons. The van der Waals surface area contributed by atoms with Crippen LogP contribution in [0.5, 0.6) is 0 Å². The maximum absolute atomic E-state index is 10.1. The van der Waals surface area contributed by atoms with E-state index in [0.717, 1.165) is 0 Å². The Morgan fingerprint density at radius 1 is 1.67 bits per heavy atom. The summed E-state index contributed by atoms with van der Waals surface area (Å²) in [6.45, 7) is 5.98. The predicted molar refractivity (Wildman–Crippen MR) is 44.5 cm³/mol. The summed E-state index contributed by atoms with van der Waals surface area (Å²) < 4.78 is 0. The molecule has 4 N–H and O–H groups in total. The molecule has 0 bridgehead atoms. The van der Waals surface area contributed by atoms with Crippen LogP contribution in [0.3, 0.4) is 0 Å². The van der Waals surface area contributed by atoms with Gasteiger partial charge in [-0.1, -0.05) is 20.8 Å². The molecule has 0 fully saturated rings. The molecule has 1 unspecified atom stereocenters. The standard InChI is InChI=1S/C7H16N2O3/c1-7(2,3)5(12-8)4-9-6(10)11/h5,9H,4,8H2,1-3H3,(H,10,11). The Morgan fingerprint density at radius 2 is 2.17 bits per heavy atom. The Morgan fingerprint density at radius 3 is 2.42 bits per heavy atom. The molecule has 0 aliphatic carbocycles. The third-order valence-electron chi connectivity index (χ3n) is 1.57. The summed E-state index contributed by atoms with van der Waals surface area (Å²) in [6, 6.07) is 0. The summed E-state index contributed by atoms with van der Waals surface area (Å²) in [4.78, 5) is 14.8. The number of carboxylic acid groups (broad SMARTS) is 1. The van der Waals surface area contributed by atoms with Gasteiger partial charge in [0.05, 0.1) is 0 Å². The van der Waals surface area contributed by atoms with E-state index in [4.69, 9.17) is 11.0 Å². The van der Waals surface area contributed by atoms with Gasteiger partial charge in [-0.2, -0.15) is 0 Å². The maximum Gasteiger partial charge on any atom is 0.404 e. The highest BCUT2D eigenvalue weighted by Crippen LogP contribution is 2.20. The number of hydrogen-bond donors (Lipinski definition) is 3. The van der Waals surface area contributed by atoms with E-state index in [2.05, 4.69) is 10.2 Å². The Labute approximate surface area is 71.8 Å². The van der Waals surface area contributed by atoms with Crippen LogP contribution in [-0.4, -0.2) is 23.8 Å². The fourth-order valence-corrected chi connectivity index (χ4v) is 0.738. The fourth-order valence-electron chi connectivity index (χ4n) is 0.738. The van der Waals surface area contributed by atoms with Gasteiger partial charge >= 0.3 is 6.09 Å². The third kappa shape index (κ3) is 4.15. The SMILES string of the molecule is CC(C)(C)C(CNC(=O)O)ON. The van der Waals surface area contributed by atoms with Crippen molar-refractivity contribution < 1.29 is 14.7 Å². The second-order valence-electron chi connectivity index (χ2n) is 3.68. The smallest absolute Gasteiger partial charge is 0.404 e. The molecule has 0 aliphatic rings. The lowest BCUT2D eigenvalue weighted by Gasteiger charge is -2.27. The van der Waals surface area contributed by atoms with Crippen molar-refractivity contribution >= 4 is 6.09 Å². The largest absolute Gasteiger partial charge is 0.465 e. The van der Waals surface area contributed by atoms with Crippen LogP contribution in [0.2, 0.25) is 0 Å². The average molecular weight is 176 g/mol. The van der Waals surface area contributed by atoms with E-state index in [1.54, 1.807) is 0 Å². The second kappa shape index (κ2) is 4.27. The summed E-state index contributed by atoms with van der Waals surface area (Å²) in [5.74, 6) is 5.01. The summed E-state index contributed by atoms with van der Waals surface area (Å²) in [5.41, 5.74) is -0.169. The number of nitrogens with one attached hydrogen (secondary N) is 1. The predicted octanol–water partition coefficient (Wildman–Crippen LogP) is 0.559. The minimum Gasteiger partial charge on any atom is -0.465 e. The molecule has 0 rings (SSSR count). The zero-order valence-corrected chi connectivity index (χ0v) is 7.63. The molecule has 0 saturated carbocycles. The molecule has 5 heteroatoms. The van der Waals surface area contributed by atoms with Crippen LogP contribution in [0.1, 0.15) is 20.8 Å². The van der Waals surface area contributed by atoms with Gasteiger partial charge in [0, 0.05) is 6.54 Å². The summed E-state index contributed by atoms with van der Waals surface area (Å²) >= 11 is 0. The molecule has 5 nitrogen and oxygen atoms in total. The number of hydrogen-bond acceptors (Lipinski definition) is 3. The van der Waals surface area contributed by atoms with Gasteiger partial charge in [-0.3, -0.25) is 4.84 Å². The van der Waals surface area contributed by atoms with Crippen LogP contribution in [0.4, 0.5) is 4.79 Å². The van der Waals surface area contributed by atoms with E-state index in [9.17, 15) is 4.79 Å². The molecule has 0 radical (unpaired) electrons. The van der Waals surface area contributed by atoms with Gasteiger partial charge in [0.1, 0.15) is 6.10 Å². The van der Waals surface area contributed by atoms with Crippen LogP contribution in [-0.2, 0) is 4.84 Å². The van der Waals surface area contributed by atoms with Crippen LogP contribution in [0.15, 0.2) is 0 Å². The van der Waals surface area contributed by atoms with Crippen molar-refractivity contribution in [3.05, 3.63) is 0 Å². The fraction of sp³-hybridized carbons (Fsp3) is 0.857. The second-order valence-corrected chi connectivity index (χ2v) is 3.68. The number of carbonyl (C=O) groups is 1. The Hall–Kier alpha value is -0.810. The minimum absolute atomic E-state index is 0.169. The molecular formula is C7H16N2O3. The normalized spacial score (nSPS) is 14.0. The number of amides is 1. The van der Waals surface area contributed by atoms with Gasteiger partial charge in [0.15, 0.2) is 0 Å². The molecule has 0 aromatic heterocycles. The zero-order valence-electron chi connectivity index (χ0n) is 7.63. The Balaban J connectivity index is 3.92. The third-order valence-corrected chi connectivity index (χ3v) is 1.57. The first-order valence-electron chi connectivity index (χ1n) is 3.70.